The fourth-order valence-electron chi connectivity index (χ4n) is 2.31. The van der Waals surface area contributed by atoms with Crippen molar-refractivity contribution in [2.45, 2.75) is 25.8 Å². The normalized spacial score (nSPS) is 18.7. The van der Waals surface area contributed by atoms with Crippen LogP contribution in [0.25, 0.3) is 11.4 Å². The van der Waals surface area contributed by atoms with Gasteiger partial charge in [-0.1, -0.05) is 17.3 Å². The summed E-state index contributed by atoms with van der Waals surface area (Å²) in [7, 11) is 0. The largest absolute Gasteiger partial charge is 0.493 e. The number of nitrogens with zero attached hydrogens (tertiary/aromatic N) is 2. The molecule has 2 heterocycles. The maximum atomic E-state index is 5.59. The molecule has 0 aliphatic carbocycles. The van der Waals surface area contributed by atoms with Crippen molar-refractivity contribution in [2.24, 2.45) is 0 Å². The molecule has 100 valence electrons. The molecule has 0 radical (unpaired) electrons. The molecule has 0 spiro atoms. The van der Waals surface area contributed by atoms with Crippen LogP contribution in [0, 0.1) is 0 Å². The molecule has 1 aromatic heterocycles. The maximum Gasteiger partial charge on any atom is 0.244 e. The van der Waals surface area contributed by atoms with Crippen LogP contribution in [0.5, 0.6) is 5.75 Å². The van der Waals surface area contributed by atoms with Gasteiger partial charge in [-0.2, -0.15) is 4.98 Å². The Labute approximate surface area is 112 Å². The minimum atomic E-state index is 0.195. The van der Waals surface area contributed by atoms with Crippen LogP contribution in [-0.4, -0.2) is 23.3 Å². The lowest BCUT2D eigenvalue weighted by atomic mass is 10.2. The Bertz CT molecular complexity index is 547. The van der Waals surface area contributed by atoms with E-state index in [0.717, 1.165) is 30.7 Å². The average molecular weight is 259 g/mol. The molecule has 1 N–H and O–H groups in total. The summed E-state index contributed by atoms with van der Waals surface area (Å²) in [4.78, 5) is 4.49. The summed E-state index contributed by atoms with van der Waals surface area (Å²) in [6.07, 6.45) is 2.20. The molecule has 3 rings (SSSR count). The quantitative estimate of drug-likeness (QED) is 0.914. The molecule has 1 aliphatic heterocycles. The van der Waals surface area contributed by atoms with Gasteiger partial charge in [0.2, 0.25) is 11.7 Å². The number of nitrogens with one attached hydrogen (secondary N) is 1. The first-order valence-electron chi connectivity index (χ1n) is 6.67. The Hall–Kier alpha value is -1.88. The Kier molecular flexibility index (Phi) is 3.46. The molecule has 1 aromatic carbocycles. The molecule has 0 bridgehead atoms. The second-order valence-electron chi connectivity index (χ2n) is 4.53. The maximum absolute atomic E-state index is 5.59. The summed E-state index contributed by atoms with van der Waals surface area (Å²) in [5.41, 5.74) is 0.873. The third kappa shape index (κ3) is 2.46. The molecule has 5 nitrogen and oxygen atoms in total. The van der Waals surface area contributed by atoms with Gasteiger partial charge in [0, 0.05) is 0 Å². The van der Waals surface area contributed by atoms with Gasteiger partial charge in [-0.15, -0.1) is 0 Å². The molecule has 0 saturated carbocycles. The monoisotopic (exact) mass is 259 g/mol. The van der Waals surface area contributed by atoms with E-state index < -0.39 is 0 Å². The number of hydrogen-bond acceptors (Lipinski definition) is 5. The fourth-order valence-corrected chi connectivity index (χ4v) is 2.31. The van der Waals surface area contributed by atoms with Crippen LogP contribution in [0.1, 0.15) is 31.7 Å². The lowest BCUT2D eigenvalue weighted by Crippen LogP contribution is -2.12. The van der Waals surface area contributed by atoms with Crippen molar-refractivity contribution in [2.75, 3.05) is 13.2 Å². The number of aromatic nitrogens is 2. The number of ether oxygens (including phenoxy) is 1. The van der Waals surface area contributed by atoms with Crippen LogP contribution in [0.15, 0.2) is 28.8 Å². The van der Waals surface area contributed by atoms with Crippen LogP contribution >= 0.6 is 0 Å². The number of benzene rings is 1. The van der Waals surface area contributed by atoms with Gasteiger partial charge in [0.25, 0.3) is 0 Å². The van der Waals surface area contributed by atoms with E-state index in [4.69, 9.17) is 9.26 Å². The Morgan fingerprint density at radius 3 is 3.11 bits per heavy atom. The SMILES string of the molecule is CCOc1ccccc1-c1noc([C@@H]2CCCN2)n1. The highest BCUT2D eigenvalue weighted by molar-refractivity contribution is 5.63. The standard InChI is InChI=1S/C14H17N3O2/c1-2-18-12-8-4-3-6-10(12)13-16-14(19-17-13)11-7-5-9-15-11/h3-4,6,8,11,15H,2,5,7,9H2,1H3/t11-/m0/s1. The second kappa shape index (κ2) is 5.40. The first-order valence-corrected chi connectivity index (χ1v) is 6.67. The van der Waals surface area contributed by atoms with E-state index in [1.807, 2.05) is 31.2 Å². The second-order valence-corrected chi connectivity index (χ2v) is 4.53. The van der Waals surface area contributed by atoms with Crippen molar-refractivity contribution in [3.63, 3.8) is 0 Å². The minimum Gasteiger partial charge on any atom is -0.493 e. The number of rotatable bonds is 4. The van der Waals surface area contributed by atoms with Gasteiger partial charge in [-0.05, 0) is 38.4 Å². The molecule has 19 heavy (non-hydrogen) atoms. The summed E-state index contributed by atoms with van der Waals surface area (Å²) in [5.74, 6) is 2.04. The van der Waals surface area contributed by atoms with Crippen LogP contribution in [0.4, 0.5) is 0 Å². The Morgan fingerprint density at radius 1 is 1.42 bits per heavy atom. The summed E-state index contributed by atoms with van der Waals surface area (Å²) in [6.45, 7) is 3.59. The van der Waals surface area contributed by atoms with Crippen LogP contribution in [0.2, 0.25) is 0 Å². The molecule has 2 aromatic rings. The van der Waals surface area contributed by atoms with Crippen molar-refractivity contribution in [3.8, 4) is 17.1 Å². The lowest BCUT2D eigenvalue weighted by Gasteiger charge is -2.06. The number of hydrogen-bond donors (Lipinski definition) is 1. The zero-order valence-electron chi connectivity index (χ0n) is 10.9. The van der Waals surface area contributed by atoms with E-state index in [9.17, 15) is 0 Å². The number of para-hydroxylation sites is 1. The first-order chi connectivity index (χ1) is 9.38. The zero-order chi connectivity index (χ0) is 13.1. The van der Waals surface area contributed by atoms with Crippen molar-refractivity contribution >= 4 is 0 Å². The molecule has 1 fully saturated rings. The van der Waals surface area contributed by atoms with Crippen molar-refractivity contribution in [3.05, 3.63) is 30.2 Å². The molecule has 0 amide bonds. The topological polar surface area (TPSA) is 60.2 Å². The van der Waals surface area contributed by atoms with Gasteiger partial charge >= 0.3 is 0 Å². The van der Waals surface area contributed by atoms with E-state index in [0.29, 0.717) is 18.3 Å². The zero-order valence-corrected chi connectivity index (χ0v) is 10.9. The van der Waals surface area contributed by atoms with Gasteiger partial charge in [0.1, 0.15) is 5.75 Å². The average Bonchev–Trinajstić information content (AvgIpc) is 3.11. The van der Waals surface area contributed by atoms with Crippen molar-refractivity contribution < 1.29 is 9.26 Å². The lowest BCUT2D eigenvalue weighted by molar-refractivity contribution is 0.338. The summed E-state index contributed by atoms with van der Waals surface area (Å²) >= 11 is 0. The Balaban J connectivity index is 1.89. The van der Waals surface area contributed by atoms with Crippen molar-refractivity contribution in [1.29, 1.82) is 0 Å². The fraction of sp³-hybridized carbons (Fsp3) is 0.429. The van der Waals surface area contributed by atoms with E-state index in [2.05, 4.69) is 15.5 Å². The van der Waals surface area contributed by atoms with Crippen LogP contribution < -0.4 is 10.1 Å². The summed E-state index contributed by atoms with van der Waals surface area (Å²) in [5, 5.41) is 7.42. The first kappa shape index (κ1) is 12.2. The van der Waals surface area contributed by atoms with Gasteiger partial charge in [-0.25, -0.2) is 0 Å². The predicted molar refractivity (Wildman–Crippen MR) is 70.9 cm³/mol. The third-order valence-corrected chi connectivity index (χ3v) is 3.23. The molecule has 5 heteroatoms. The predicted octanol–water partition coefficient (Wildman–Crippen LogP) is 2.56. The third-order valence-electron chi connectivity index (χ3n) is 3.23. The van der Waals surface area contributed by atoms with E-state index in [1.165, 1.54) is 0 Å². The van der Waals surface area contributed by atoms with E-state index in [1.54, 1.807) is 0 Å². The molecule has 1 atom stereocenters. The van der Waals surface area contributed by atoms with Crippen LogP contribution in [0.3, 0.4) is 0 Å². The molecule has 0 unspecified atom stereocenters. The molecule has 1 aliphatic rings. The Morgan fingerprint density at radius 2 is 2.32 bits per heavy atom. The van der Waals surface area contributed by atoms with Gasteiger partial charge in [0.05, 0.1) is 18.2 Å². The highest BCUT2D eigenvalue weighted by Gasteiger charge is 2.23. The highest BCUT2D eigenvalue weighted by atomic mass is 16.5. The van der Waals surface area contributed by atoms with Gasteiger partial charge in [-0.3, -0.25) is 0 Å². The van der Waals surface area contributed by atoms with Crippen molar-refractivity contribution in [1.82, 2.24) is 15.5 Å². The van der Waals surface area contributed by atoms with Gasteiger partial charge < -0.3 is 14.6 Å². The summed E-state index contributed by atoms with van der Waals surface area (Å²) in [6, 6.07) is 7.95. The van der Waals surface area contributed by atoms with E-state index in [-0.39, 0.29) is 6.04 Å². The molecular formula is C14H17N3O2. The molecule has 1 saturated heterocycles. The minimum absolute atomic E-state index is 0.195. The summed E-state index contributed by atoms with van der Waals surface area (Å²) < 4.78 is 10.9. The smallest absolute Gasteiger partial charge is 0.244 e. The molecular weight excluding hydrogens is 242 g/mol. The highest BCUT2D eigenvalue weighted by Crippen LogP contribution is 2.29. The van der Waals surface area contributed by atoms with E-state index >= 15 is 0 Å². The van der Waals surface area contributed by atoms with Crippen LogP contribution in [-0.2, 0) is 0 Å². The van der Waals surface area contributed by atoms with Gasteiger partial charge in [0.15, 0.2) is 0 Å².